The molecule has 0 radical (unpaired) electrons. The first kappa shape index (κ1) is 14.9. The van der Waals surface area contributed by atoms with Crippen LogP contribution in [0.5, 0.6) is 0 Å². The van der Waals surface area contributed by atoms with Crippen LogP contribution >= 0.6 is 0 Å². The van der Waals surface area contributed by atoms with Crippen LogP contribution in [-0.4, -0.2) is 49.3 Å². The average molecular weight is 242 g/mol. The van der Waals surface area contributed by atoms with Crippen molar-refractivity contribution in [3.63, 3.8) is 0 Å². The van der Waals surface area contributed by atoms with Gasteiger partial charge in [0.1, 0.15) is 0 Å². The van der Waals surface area contributed by atoms with Crippen LogP contribution in [-0.2, 0) is 4.74 Å². The lowest BCUT2D eigenvalue weighted by molar-refractivity contribution is -0.0145. The lowest BCUT2D eigenvalue weighted by Crippen LogP contribution is -2.61. The zero-order valence-electron chi connectivity index (χ0n) is 12.3. The van der Waals surface area contributed by atoms with Gasteiger partial charge in [-0.05, 0) is 33.1 Å². The number of ether oxygens (including phenoxy) is 1. The molecule has 17 heavy (non-hydrogen) atoms. The number of rotatable bonds is 6. The largest absolute Gasteiger partial charge is 0.379 e. The van der Waals surface area contributed by atoms with Crippen LogP contribution in [0.3, 0.4) is 0 Å². The summed E-state index contributed by atoms with van der Waals surface area (Å²) in [4.78, 5) is 2.67. The number of piperazine rings is 1. The molecule has 0 saturated carbocycles. The topological polar surface area (TPSA) is 24.5 Å². The van der Waals surface area contributed by atoms with E-state index < -0.39 is 0 Å². The summed E-state index contributed by atoms with van der Waals surface area (Å²) < 4.78 is 5.52. The van der Waals surface area contributed by atoms with Gasteiger partial charge in [-0.25, -0.2) is 0 Å². The van der Waals surface area contributed by atoms with Crippen LogP contribution < -0.4 is 5.32 Å². The second kappa shape index (κ2) is 6.17. The Labute approximate surface area is 107 Å². The average Bonchev–Trinajstić information content (AvgIpc) is 2.36. The molecule has 102 valence electrons. The third-order valence-corrected chi connectivity index (χ3v) is 4.54. The molecule has 0 amide bonds. The summed E-state index contributed by atoms with van der Waals surface area (Å²) in [6.45, 7) is 13.5. The molecule has 0 spiro atoms. The van der Waals surface area contributed by atoms with Gasteiger partial charge in [-0.15, -0.1) is 0 Å². The Kier molecular flexibility index (Phi) is 5.42. The molecule has 3 nitrogen and oxygen atoms in total. The normalized spacial score (nSPS) is 21.7. The van der Waals surface area contributed by atoms with E-state index in [9.17, 15) is 0 Å². The van der Waals surface area contributed by atoms with Gasteiger partial charge in [-0.3, -0.25) is 4.90 Å². The summed E-state index contributed by atoms with van der Waals surface area (Å²) in [5.74, 6) is 0. The molecular weight excluding hydrogens is 212 g/mol. The molecule has 0 unspecified atom stereocenters. The fourth-order valence-electron chi connectivity index (χ4n) is 2.69. The van der Waals surface area contributed by atoms with Gasteiger partial charge in [0, 0.05) is 38.8 Å². The standard InChI is InChI=1S/C14H30N2O/c1-6-14(7-2)12-15-9-11-16(14)10-8-13(3,4)17-5/h15H,6-12H2,1-5H3. The quantitative estimate of drug-likeness (QED) is 0.773. The molecule has 0 atom stereocenters. The molecule has 1 saturated heterocycles. The third kappa shape index (κ3) is 3.67. The molecule has 0 aromatic carbocycles. The minimum Gasteiger partial charge on any atom is -0.379 e. The van der Waals surface area contributed by atoms with Crippen molar-refractivity contribution in [2.24, 2.45) is 0 Å². The molecule has 0 aromatic heterocycles. The maximum Gasteiger partial charge on any atom is 0.0634 e. The molecule has 3 heteroatoms. The van der Waals surface area contributed by atoms with E-state index in [-0.39, 0.29) is 5.60 Å². The Hall–Kier alpha value is -0.120. The second-order valence-corrected chi connectivity index (χ2v) is 5.81. The summed E-state index contributed by atoms with van der Waals surface area (Å²) in [5, 5.41) is 3.55. The number of nitrogens with zero attached hydrogens (tertiary/aromatic N) is 1. The first-order valence-corrected chi connectivity index (χ1v) is 7.00. The highest BCUT2D eigenvalue weighted by molar-refractivity contribution is 4.94. The van der Waals surface area contributed by atoms with Crippen molar-refractivity contribution in [2.75, 3.05) is 33.3 Å². The lowest BCUT2D eigenvalue weighted by Gasteiger charge is -2.47. The molecule has 1 aliphatic heterocycles. The molecule has 0 bridgehead atoms. The van der Waals surface area contributed by atoms with E-state index in [1.807, 2.05) is 7.11 Å². The van der Waals surface area contributed by atoms with E-state index >= 15 is 0 Å². The molecular formula is C14H30N2O. The summed E-state index contributed by atoms with van der Waals surface area (Å²) in [6, 6.07) is 0. The Morgan fingerprint density at radius 2 is 1.94 bits per heavy atom. The summed E-state index contributed by atoms with van der Waals surface area (Å²) in [7, 11) is 1.81. The molecule has 1 heterocycles. The number of nitrogens with one attached hydrogen (secondary N) is 1. The molecule has 1 rings (SSSR count). The molecule has 1 fully saturated rings. The minimum absolute atomic E-state index is 0.00189. The molecule has 0 aliphatic carbocycles. The van der Waals surface area contributed by atoms with Crippen LogP contribution in [0.15, 0.2) is 0 Å². The van der Waals surface area contributed by atoms with E-state index in [0.29, 0.717) is 5.54 Å². The smallest absolute Gasteiger partial charge is 0.0634 e. The van der Waals surface area contributed by atoms with Gasteiger partial charge in [-0.2, -0.15) is 0 Å². The fourth-order valence-corrected chi connectivity index (χ4v) is 2.69. The monoisotopic (exact) mass is 242 g/mol. The zero-order chi connectivity index (χ0) is 12.9. The van der Waals surface area contributed by atoms with E-state index in [4.69, 9.17) is 4.74 Å². The highest BCUT2D eigenvalue weighted by atomic mass is 16.5. The Bertz CT molecular complexity index is 224. The Balaban J connectivity index is 2.60. The Morgan fingerprint density at radius 1 is 1.29 bits per heavy atom. The van der Waals surface area contributed by atoms with E-state index in [1.165, 1.54) is 19.4 Å². The van der Waals surface area contributed by atoms with Crippen LogP contribution in [0.25, 0.3) is 0 Å². The molecule has 1 N–H and O–H groups in total. The van der Waals surface area contributed by atoms with Gasteiger partial charge in [0.2, 0.25) is 0 Å². The van der Waals surface area contributed by atoms with Crippen molar-refractivity contribution < 1.29 is 4.74 Å². The van der Waals surface area contributed by atoms with Crippen LogP contribution in [0.2, 0.25) is 0 Å². The lowest BCUT2D eigenvalue weighted by atomic mass is 9.88. The van der Waals surface area contributed by atoms with Gasteiger partial charge in [0.25, 0.3) is 0 Å². The van der Waals surface area contributed by atoms with Gasteiger partial charge in [0.05, 0.1) is 5.60 Å². The summed E-state index contributed by atoms with van der Waals surface area (Å²) in [5.41, 5.74) is 0.361. The summed E-state index contributed by atoms with van der Waals surface area (Å²) in [6.07, 6.45) is 3.55. The van der Waals surface area contributed by atoms with Crippen molar-refractivity contribution in [1.82, 2.24) is 10.2 Å². The summed E-state index contributed by atoms with van der Waals surface area (Å²) >= 11 is 0. The first-order valence-electron chi connectivity index (χ1n) is 7.00. The van der Waals surface area contributed by atoms with E-state index in [0.717, 1.165) is 26.1 Å². The zero-order valence-corrected chi connectivity index (χ0v) is 12.3. The van der Waals surface area contributed by atoms with Gasteiger partial charge in [0.15, 0.2) is 0 Å². The van der Waals surface area contributed by atoms with Gasteiger partial charge >= 0.3 is 0 Å². The van der Waals surface area contributed by atoms with Gasteiger partial charge < -0.3 is 10.1 Å². The molecule has 1 aliphatic rings. The molecule has 0 aromatic rings. The third-order valence-electron chi connectivity index (χ3n) is 4.54. The SMILES string of the molecule is CCC1(CC)CNCCN1CCC(C)(C)OC. The second-order valence-electron chi connectivity index (χ2n) is 5.81. The first-order chi connectivity index (χ1) is 7.99. The maximum atomic E-state index is 5.52. The minimum atomic E-state index is -0.00189. The predicted molar refractivity (Wildman–Crippen MR) is 73.5 cm³/mol. The highest BCUT2D eigenvalue weighted by Crippen LogP contribution is 2.27. The van der Waals surface area contributed by atoms with Gasteiger partial charge in [-0.1, -0.05) is 13.8 Å². The van der Waals surface area contributed by atoms with Crippen LogP contribution in [0.4, 0.5) is 0 Å². The van der Waals surface area contributed by atoms with Crippen molar-refractivity contribution in [2.45, 2.75) is 58.1 Å². The van der Waals surface area contributed by atoms with Crippen molar-refractivity contribution in [3.05, 3.63) is 0 Å². The van der Waals surface area contributed by atoms with Crippen molar-refractivity contribution in [3.8, 4) is 0 Å². The number of hydrogen-bond acceptors (Lipinski definition) is 3. The predicted octanol–water partition coefficient (Wildman–Crippen LogP) is 2.27. The van der Waals surface area contributed by atoms with E-state index in [2.05, 4.69) is 37.9 Å². The number of hydrogen-bond donors (Lipinski definition) is 1. The number of methoxy groups -OCH3 is 1. The fraction of sp³-hybridized carbons (Fsp3) is 1.00. The van der Waals surface area contributed by atoms with Crippen molar-refractivity contribution >= 4 is 0 Å². The highest BCUT2D eigenvalue weighted by Gasteiger charge is 2.36. The maximum absolute atomic E-state index is 5.52. The van der Waals surface area contributed by atoms with Crippen LogP contribution in [0, 0.1) is 0 Å². The van der Waals surface area contributed by atoms with Crippen LogP contribution in [0.1, 0.15) is 47.0 Å². The Morgan fingerprint density at radius 3 is 2.47 bits per heavy atom. The van der Waals surface area contributed by atoms with Crippen molar-refractivity contribution in [1.29, 1.82) is 0 Å². The van der Waals surface area contributed by atoms with E-state index in [1.54, 1.807) is 0 Å².